The average Bonchev–Trinajstić information content (AvgIpc) is 2.83. The fraction of sp³-hybridized carbons (Fsp3) is 0.294. The highest BCUT2D eigenvalue weighted by molar-refractivity contribution is 5.84. The van der Waals surface area contributed by atoms with Crippen LogP contribution in [0.3, 0.4) is 0 Å². The van der Waals surface area contributed by atoms with Crippen LogP contribution in [0.5, 0.6) is 11.5 Å². The predicted molar refractivity (Wildman–Crippen MR) is 86.2 cm³/mol. The molecule has 0 saturated heterocycles. The summed E-state index contributed by atoms with van der Waals surface area (Å²) in [7, 11) is 1.47. The SMILES string of the molecule is CCCn1nc(C)c2cc(O)c(-c3ccc(OC)cc3F)nc21. The third-order valence-electron chi connectivity index (χ3n) is 3.75. The van der Waals surface area contributed by atoms with Crippen LogP contribution >= 0.6 is 0 Å². The van der Waals surface area contributed by atoms with Gasteiger partial charge in [-0.1, -0.05) is 6.92 Å². The minimum absolute atomic E-state index is 0.0688. The summed E-state index contributed by atoms with van der Waals surface area (Å²) in [6, 6.07) is 6.05. The van der Waals surface area contributed by atoms with Crippen LogP contribution < -0.4 is 4.74 Å². The van der Waals surface area contributed by atoms with Crippen molar-refractivity contribution in [3.05, 3.63) is 35.8 Å². The Labute approximate surface area is 133 Å². The summed E-state index contributed by atoms with van der Waals surface area (Å²) >= 11 is 0. The minimum atomic E-state index is -0.496. The Bertz CT molecular complexity index is 874. The van der Waals surface area contributed by atoms with Gasteiger partial charge in [0.25, 0.3) is 0 Å². The Hall–Kier alpha value is -2.63. The van der Waals surface area contributed by atoms with Gasteiger partial charge in [0.05, 0.1) is 12.8 Å². The maximum atomic E-state index is 14.3. The van der Waals surface area contributed by atoms with E-state index in [4.69, 9.17) is 4.74 Å². The van der Waals surface area contributed by atoms with Crippen molar-refractivity contribution in [2.45, 2.75) is 26.8 Å². The smallest absolute Gasteiger partial charge is 0.158 e. The van der Waals surface area contributed by atoms with E-state index < -0.39 is 5.82 Å². The number of aromatic hydroxyl groups is 1. The van der Waals surface area contributed by atoms with Crippen molar-refractivity contribution in [1.29, 1.82) is 0 Å². The van der Waals surface area contributed by atoms with E-state index >= 15 is 0 Å². The molecule has 5 nitrogen and oxygen atoms in total. The Balaban J connectivity index is 2.21. The third kappa shape index (κ3) is 2.60. The van der Waals surface area contributed by atoms with Crippen molar-refractivity contribution in [3.8, 4) is 22.8 Å². The van der Waals surface area contributed by atoms with E-state index in [2.05, 4.69) is 10.1 Å². The molecule has 0 aliphatic heterocycles. The van der Waals surface area contributed by atoms with Crippen molar-refractivity contribution >= 4 is 11.0 Å². The van der Waals surface area contributed by atoms with E-state index in [-0.39, 0.29) is 17.0 Å². The molecule has 23 heavy (non-hydrogen) atoms. The highest BCUT2D eigenvalue weighted by Gasteiger charge is 2.17. The molecule has 1 N–H and O–H groups in total. The molecule has 3 rings (SSSR count). The quantitative estimate of drug-likeness (QED) is 0.798. The van der Waals surface area contributed by atoms with E-state index in [1.807, 2.05) is 13.8 Å². The maximum absolute atomic E-state index is 14.3. The molecular weight excluding hydrogens is 297 g/mol. The van der Waals surface area contributed by atoms with Gasteiger partial charge >= 0.3 is 0 Å². The van der Waals surface area contributed by atoms with Crippen molar-refractivity contribution < 1.29 is 14.2 Å². The molecule has 6 heteroatoms. The molecule has 0 unspecified atom stereocenters. The lowest BCUT2D eigenvalue weighted by molar-refractivity contribution is 0.411. The number of ether oxygens (including phenoxy) is 1. The molecule has 120 valence electrons. The molecule has 2 aromatic heterocycles. The Morgan fingerprint density at radius 1 is 1.30 bits per heavy atom. The first-order valence-corrected chi connectivity index (χ1v) is 7.46. The lowest BCUT2D eigenvalue weighted by atomic mass is 10.1. The molecule has 0 saturated carbocycles. The lowest BCUT2D eigenvalue weighted by Gasteiger charge is -2.08. The molecule has 0 aliphatic carbocycles. The average molecular weight is 315 g/mol. The largest absolute Gasteiger partial charge is 0.506 e. The van der Waals surface area contributed by atoms with Gasteiger partial charge in [-0.2, -0.15) is 5.10 Å². The van der Waals surface area contributed by atoms with E-state index in [0.717, 1.165) is 17.5 Å². The minimum Gasteiger partial charge on any atom is -0.506 e. The van der Waals surface area contributed by atoms with Gasteiger partial charge in [0, 0.05) is 23.6 Å². The number of pyridine rings is 1. The Morgan fingerprint density at radius 2 is 2.09 bits per heavy atom. The zero-order valence-electron chi connectivity index (χ0n) is 13.3. The lowest BCUT2D eigenvalue weighted by Crippen LogP contribution is -2.01. The molecule has 0 fully saturated rings. The molecule has 3 aromatic rings. The first-order valence-electron chi connectivity index (χ1n) is 7.46. The fourth-order valence-corrected chi connectivity index (χ4v) is 2.62. The summed E-state index contributed by atoms with van der Waals surface area (Å²) in [5, 5.41) is 15.5. The monoisotopic (exact) mass is 315 g/mol. The van der Waals surface area contributed by atoms with Crippen LogP contribution in [0.15, 0.2) is 24.3 Å². The molecule has 0 aliphatic rings. The number of nitrogens with zero attached hydrogens (tertiary/aromatic N) is 3. The van der Waals surface area contributed by atoms with Gasteiger partial charge in [0.1, 0.15) is 23.0 Å². The second kappa shape index (κ2) is 5.87. The van der Waals surface area contributed by atoms with Crippen LogP contribution in [0.25, 0.3) is 22.3 Å². The number of hydrogen-bond donors (Lipinski definition) is 1. The predicted octanol–water partition coefficient (Wildman–Crippen LogP) is 3.67. The van der Waals surface area contributed by atoms with E-state index in [1.54, 1.807) is 22.9 Å². The highest BCUT2D eigenvalue weighted by Crippen LogP contribution is 2.34. The van der Waals surface area contributed by atoms with E-state index in [1.165, 1.54) is 13.2 Å². The topological polar surface area (TPSA) is 60.2 Å². The summed E-state index contributed by atoms with van der Waals surface area (Å²) in [5.41, 5.74) is 1.87. The van der Waals surface area contributed by atoms with Crippen LogP contribution in [-0.4, -0.2) is 27.0 Å². The van der Waals surface area contributed by atoms with Crippen LogP contribution in [0.2, 0.25) is 0 Å². The Kier molecular flexibility index (Phi) is 3.90. The van der Waals surface area contributed by atoms with Crippen LogP contribution in [-0.2, 0) is 6.54 Å². The molecular formula is C17H18FN3O2. The molecule has 0 amide bonds. The number of aromatic nitrogens is 3. The standard InChI is InChI=1S/C17H18FN3O2/c1-4-7-21-17-13(10(2)20-21)9-15(22)16(19-17)12-6-5-11(23-3)8-14(12)18/h5-6,8-9,22H,4,7H2,1-3H3. The van der Waals surface area contributed by atoms with Crippen LogP contribution in [0, 0.1) is 12.7 Å². The number of fused-ring (bicyclic) bond motifs is 1. The van der Waals surface area contributed by atoms with Crippen LogP contribution in [0.4, 0.5) is 4.39 Å². The molecule has 0 bridgehead atoms. The summed E-state index contributed by atoms with van der Waals surface area (Å²) in [5.74, 6) is -0.149. The van der Waals surface area contributed by atoms with Gasteiger partial charge in [-0.25, -0.2) is 14.1 Å². The van der Waals surface area contributed by atoms with E-state index in [0.29, 0.717) is 17.9 Å². The number of methoxy groups -OCH3 is 1. The summed E-state index contributed by atoms with van der Waals surface area (Å²) in [6.07, 6.45) is 0.908. The van der Waals surface area contributed by atoms with Crippen molar-refractivity contribution in [3.63, 3.8) is 0 Å². The van der Waals surface area contributed by atoms with Gasteiger partial charge in [-0.05, 0) is 31.5 Å². The normalized spacial score (nSPS) is 11.1. The van der Waals surface area contributed by atoms with Crippen molar-refractivity contribution in [2.24, 2.45) is 0 Å². The van der Waals surface area contributed by atoms with Crippen molar-refractivity contribution in [1.82, 2.24) is 14.8 Å². The summed E-state index contributed by atoms with van der Waals surface area (Å²) in [6.45, 7) is 4.63. The molecule has 0 atom stereocenters. The highest BCUT2D eigenvalue weighted by atomic mass is 19.1. The second-order valence-corrected chi connectivity index (χ2v) is 5.38. The fourth-order valence-electron chi connectivity index (χ4n) is 2.62. The second-order valence-electron chi connectivity index (χ2n) is 5.38. The van der Waals surface area contributed by atoms with Gasteiger partial charge in [0.15, 0.2) is 5.65 Å². The number of aryl methyl sites for hydroxylation is 2. The summed E-state index contributed by atoms with van der Waals surface area (Å²) < 4.78 is 21.1. The zero-order chi connectivity index (χ0) is 16.6. The molecule has 2 heterocycles. The van der Waals surface area contributed by atoms with Gasteiger partial charge in [0.2, 0.25) is 0 Å². The van der Waals surface area contributed by atoms with Crippen LogP contribution in [0.1, 0.15) is 19.0 Å². The Morgan fingerprint density at radius 3 is 2.74 bits per heavy atom. The van der Waals surface area contributed by atoms with Crippen molar-refractivity contribution in [2.75, 3.05) is 7.11 Å². The molecule has 0 spiro atoms. The molecule has 0 radical (unpaired) electrons. The maximum Gasteiger partial charge on any atom is 0.158 e. The van der Waals surface area contributed by atoms with E-state index in [9.17, 15) is 9.50 Å². The number of halogens is 1. The van der Waals surface area contributed by atoms with Gasteiger partial charge in [-0.3, -0.25) is 0 Å². The van der Waals surface area contributed by atoms with Gasteiger partial charge < -0.3 is 9.84 Å². The third-order valence-corrected chi connectivity index (χ3v) is 3.75. The molecule has 1 aromatic carbocycles. The van der Waals surface area contributed by atoms with Gasteiger partial charge in [-0.15, -0.1) is 0 Å². The number of benzene rings is 1. The number of rotatable bonds is 4. The first kappa shape index (κ1) is 15.3. The zero-order valence-corrected chi connectivity index (χ0v) is 13.3. The number of hydrogen-bond acceptors (Lipinski definition) is 4. The first-order chi connectivity index (χ1) is 11.0. The summed E-state index contributed by atoms with van der Waals surface area (Å²) in [4.78, 5) is 4.47.